The molecule has 0 radical (unpaired) electrons. The number of carboxylic acid groups (broad SMARTS) is 1. The molecule has 90 valence electrons. The molecule has 0 heterocycles. The van der Waals surface area contributed by atoms with E-state index in [2.05, 4.69) is 4.74 Å². The lowest BCUT2D eigenvalue weighted by atomic mass is 10.3. The highest BCUT2D eigenvalue weighted by Gasteiger charge is 2.36. The molecule has 0 aromatic rings. The fourth-order valence-electron chi connectivity index (χ4n) is 0.703. The third-order valence-electron chi connectivity index (χ3n) is 1.58. The molecule has 0 rings (SSSR count). The first-order valence-electron chi connectivity index (χ1n) is 4.34. The molecule has 0 fully saturated rings. The molecular weight excluding hydrogens is 208 g/mol. The second kappa shape index (κ2) is 7.55. The Morgan fingerprint density at radius 1 is 1.27 bits per heavy atom. The Hall–Kier alpha value is -0.730. The average molecular weight is 224 g/mol. The van der Waals surface area contributed by atoms with Gasteiger partial charge in [0.15, 0.2) is 0 Å². The number of aliphatic hydroxyl groups excluding tert-OH is 1. The minimum atomic E-state index is -2.32. The molecule has 0 spiro atoms. The highest BCUT2D eigenvalue weighted by molar-refractivity contribution is 5.75. The molecule has 0 aliphatic carbocycles. The summed E-state index contributed by atoms with van der Waals surface area (Å²) in [6.45, 7) is -0.0613. The van der Waals surface area contributed by atoms with Crippen molar-refractivity contribution < 1.29 is 34.3 Å². The Bertz CT molecular complexity index is 184. The van der Waals surface area contributed by atoms with E-state index in [1.54, 1.807) is 0 Å². The van der Waals surface area contributed by atoms with Crippen LogP contribution in [0.25, 0.3) is 0 Å². The number of aliphatic hydroxyl groups is 2. The van der Waals surface area contributed by atoms with Crippen molar-refractivity contribution in [3.8, 4) is 0 Å². The first kappa shape index (κ1) is 14.3. The Morgan fingerprint density at radius 3 is 2.33 bits per heavy atom. The van der Waals surface area contributed by atoms with Gasteiger partial charge in [-0.3, -0.25) is 0 Å². The zero-order valence-electron chi connectivity index (χ0n) is 8.51. The van der Waals surface area contributed by atoms with E-state index in [0.717, 1.165) is 7.11 Å². The van der Waals surface area contributed by atoms with Gasteiger partial charge in [-0.2, -0.15) is 0 Å². The molecule has 0 saturated heterocycles. The van der Waals surface area contributed by atoms with Crippen LogP contribution in [0.3, 0.4) is 0 Å². The Labute approximate surface area is 87.2 Å². The van der Waals surface area contributed by atoms with Gasteiger partial charge in [0.25, 0.3) is 5.79 Å². The highest BCUT2D eigenvalue weighted by Crippen LogP contribution is 2.05. The van der Waals surface area contributed by atoms with Crippen molar-refractivity contribution in [1.29, 1.82) is 0 Å². The Balaban J connectivity index is 3.60. The normalized spacial score (nSPS) is 14.9. The summed E-state index contributed by atoms with van der Waals surface area (Å²) in [6.07, 6.45) is 0. The van der Waals surface area contributed by atoms with Gasteiger partial charge in [0, 0.05) is 7.11 Å². The third-order valence-corrected chi connectivity index (χ3v) is 1.58. The van der Waals surface area contributed by atoms with E-state index in [-0.39, 0.29) is 26.4 Å². The van der Waals surface area contributed by atoms with E-state index in [4.69, 9.17) is 19.7 Å². The molecule has 0 bridgehead atoms. The van der Waals surface area contributed by atoms with Crippen LogP contribution in [0, 0.1) is 0 Å². The summed E-state index contributed by atoms with van der Waals surface area (Å²) < 4.78 is 14.1. The fourth-order valence-corrected chi connectivity index (χ4v) is 0.703. The van der Waals surface area contributed by atoms with Crippen LogP contribution in [0.4, 0.5) is 0 Å². The van der Waals surface area contributed by atoms with Crippen molar-refractivity contribution in [2.45, 2.75) is 5.79 Å². The molecule has 1 atom stereocenters. The zero-order valence-corrected chi connectivity index (χ0v) is 8.51. The summed E-state index contributed by atoms with van der Waals surface area (Å²) in [7, 11) is 1.07. The van der Waals surface area contributed by atoms with Crippen LogP contribution < -0.4 is 0 Å². The van der Waals surface area contributed by atoms with Crippen LogP contribution in [-0.4, -0.2) is 67.2 Å². The standard InChI is InChI=1S/C8H16O7/c1-13-8(12,7(10)11)6-15-5-4-14-3-2-9/h9,12H,2-6H2,1H3,(H,10,11). The summed E-state index contributed by atoms with van der Waals surface area (Å²) in [5.74, 6) is -3.84. The summed E-state index contributed by atoms with van der Waals surface area (Å²) in [5.41, 5.74) is 0. The van der Waals surface area contributed by atoms with Gasteiger partial charge >= 0.3 is 5.97 Å². The molecule has 7 nitrogen and oxygen atoms in total. The Morgan fingerprint density at radius 2 is 1.87 bits per heavy atom. The quantitative estimate of drug-likeness (QED) is 0.321. The van der Waals surface area contributed by atoms with E-state index >= 15 is 0 Å². The molecular formula is C8H16O7. The van der Waals surface area contributed by atoms with Gasteiger partial charge in [0.1, 0.15) is 6.61 Å². The maximum atomic E-state index is 10.5. The third kappa shape index (κ3) is 5.65. The van der Waals surface area contributed by atoms with Crippen molar-refractivity contribution in [3.05, 3.63) is 0 Å². The maximum Gasteiger partial charge on any atom is 0.366 e. The molecule has 0 aromatic carbocycles. The number of rotatable bonds is 9. The van der Waals surface area contributed by atoms with Crippen molar-refractivity contribution in [2.75, 3.05) is 40.1 Å². The smallest absolute Gasteiger partial charge is 0.366 e. The molecule has 15 heavy (non-hydrogen) atoms. The van der Waals surface area contributed by atoms with Crippen LogP contribution in [0.2, 0.25) is 0 Å². The topological polar surface area (TPSA) is 105 Å². The molecule has 0 amide bonds. The SMILES string of the molecule is COC(O)(COCCOCCO)C(=O)O. The van der Waals surface area contributed by atoms with Crippen LogP contribution in [-0.2, 0) is 19.0 Å². The van der Waals surface area contributed by atoms with E-state index in [1.165, 1.54) is 0 Å². The number of ether oxygens (including phenoxy) is 3. The zero-order chi connectivity index (χ0) is 11.7. The number of carboxylic acids is 1. The van der Waals surface area contributed by atoms with E-state index < -0.39 is 18.4 Å². The van der Waals surface area contributed by atoms with Crippen molar-refractivity contribution in [1.82, 2.24) is 0 Å². The molecule has 1 unspecified atom stereocenters. The first-order valence-corrected chi connectivity index (χ1v) is 4.34. The highest BCUT2D eigenvalue weighted by atomic mass is 16.7. The van der Waals surface area contributed by atoms with Gasteiger partial charge in [-0.15, -0.1) is 0 Å². The molecule has 0 saturated carbocycles. The van der Waals surface area contributed by atoms with Gasteiger partial charge < -0.3 is 29.5 Å². The van der Waals surface area contributed by atoms with Crippen LogP contribution >= 0.6 is 0 Å². The van der Waals surface area contributed by atoms with Gasteiger partial charge in [0.2, 0.25) is 0 Å². The first-order chi connectivity index (χ1) is 7.06. The monoisotopic (exact) mass is 224 g/mol. The minimum Gasteiger partial charge on any atom is -0.477 e. The largest absolute Gasteiger partial charge is 0.477 e. The van der Waals surface area contributed by atoms with Crippen molar-refractivity contribution >= 4 is 5.97 Å². The molecule has 3 N–H and O–H groups in total. The predicted molar refractivity (Wildman–Crippen MR) is 48.3 cm³/mol. The van der Waals surface area contributed by atoms with Crippen LogP contribution in [0.5, 0.6) is 0 Å². The second-order valence-corrected chi connectivity index (χ2v) is 2.68. The lowest BCUT2D eigenvalue weighted by molar-refractivity contribution is -0.232. The van der Waals surface area contributed by atoms with Crippen LogP contribution in [0.15, 0.2) is 0 Å². The number of hydrogen-bond acceptors (Lipinski definition) is 6. The molecule has 0 aliphatic heterocycles. The van der Waals surface area contributed by atoms with Crippen molar-refractivity contribution in [2.24, 2.45) is 0 Å². The number of aliphatic carboxylic acids is 1. The van der Waals surface area contributed by atoms with Gasteiger partial charge in [0.05, 0.1) is 26.4 Å². The van der Waals surface area contributed by atoms with Gasteiger partial charge in [-0.05, 0) is 0 Å². The second-order valence-electron chi connectivity index (χ2n) is 2.68. The van der Waals surface area contributed by atoms with Gasteiger partial charge in [-0.25, -0.2) is 4.79 Å². The summed E-state index contributed by atoms with van der Waals surface area (Å²) in [4.78, 5) is 10.5. The van der Waals surface area contributed by atoms with Crippen LogP contribution in [0.1, 0.15) is 0 Å². The van der Waals surface area contributed by atoms with E-state index in [1.807, 2.05) is 0 Å². The maximum absolute atomic E-state index is 10.5. The fraction of sp³-hybridized carbons (Fsp3) is 0.875. The number of hydrogen-bond donors (Lipinski definition) is 3. The predicted octanol–water partition coefficient (Wildman–Crippen LogP) is -1.57. The van der Waals surface area contributed by atoms with Gasteiger partial charge in [-0.1, -0.05) is 0 Å². The minimum absolute atomic E-state index is 0.0862. The lowest BCUT2D eigenvalue weighted by Crippen LogP contribution is -2.45. The Kier molecular flexibility index (Phi) is 7.18. The number of carbonyl (C=O) groups is 1. The molecule has 0 aromatic heterocycles. The lowest BCUT2D eigenvalue weighted by Gasteiger charge is -2.20. The summed E-state index contributed by atoms with van der Waals surface area (Å²) >= 11 is 0. The van der Waals surface area contributed by atoms with Crippen molar-refractivity contribution in [3.63, 3.8) is 0 Å². The average Bonchev–Trinajstić information content (AvgIpc) is 2.22. The number of methoxy groups -OCH3 is 1. The molecule has 0 aliphatic rings. The summed E-state index contributed by atoms with van der Waals surface area (Å²) in [5, 5.41) is 26.2. The molecule has 7 heteroatoms. The van der Waals surface area contributed by atoms with E-state index in [0.29, 0.717) is 0 Å². The summed E-state index contributed by atoms with van der Waals surface area (Å²) in [6, 6.07) is 0. The van der Waals surface area contributed by atoms with E-state index in [9.17, 15) is 9.90 Å².